The summed E-state index contributed by atoms with van der Waals surface area (Å²) in [7, 11) is 0. The fourth-order valence-corrected chi connectivity index (χ4v) is 2.28. The first kappa shape index (κ1) is 14.6. The van der Waals surface area contributed by atoms with Crippen molar-refractivity contribution in [2.75, 3.05) is 0 Å². The summed E-state index contributed by atoms with van der Waals surface area (Å²) in [6.45, 7) is 0. The molecule has 0 spiro atoms. The third kappa shape index (κ3) is 2.82. The summed E-state index contributed by atoms with van der Waals surface area (Å²) in [5.74, 6) is 0. The largest absolute Gasteiger partial charge is 0.416 e. The summed E-state index contributed by atoms with van der Waals surface area (Å²) in [5.41, 5.74) is 0.945. The number of hydrogen-bond acceptors (Lipinski definition) is 2. The van der Waals surface area contributed by atoms with Gasteiger partial charge in [0.1, 0.15) is 5.15 Å². The molecule has 0 bridgehead atoms. The lowest BCUT2D eigenvalue weighted by Crippen LogP contribution is -2.07. The number of pyridine rings is 1. The molecule has 3 rings (SSSR count). The van der Waals surface area contributed by atoms with Gasteiger partial charge in [-0.15, -0.1) is 0 Å². The molecule has 0 aliphatic rings. The van der Waals surface area contributed by atoms with E-state index in [9.17, 15) is 13.2 Å². The molecule has 22 heavy (non-hydrogen) atoms. The first-order valence-electron chi connectivity index (χ1n) is 6.29. The van der Waals surface area contributed by atoms with Crippen molar-refractivity contribution in [1.82, 2.24) is 14.8 Å². The molecule has 7 heteroatoms. The summed E-state index contributed by atoms with van der Waals surface area (Å²) in [6.07, 6.45) is -1.35. The van der Waals surface area contributed by atoms with Crippen molar-refractivity contribution >= 4 is 11.6 Å². The van der Waals surface area contributed by atoms with Gasteiger partial charge in [0.15, 0.2) is 0 Å². The van der Waals surface area contributed by atoms with Gasteiger partial charge in [0, 0.05) is 11.8 Å². The van der Waals surface area contributed by atoms with Crippen LogP contribution in [0.3, 0.4) is 0 Å². The molecular weight excluding hydrogens is 315 g/mol. The second-order valence-corrected chi connectivity index (χ2v) is 4.93. The lowest BCUT2D eigenvalue weighted by molar-refractivity contribution is -0.137. The van der Waals surface area contributed by atoms with Crippen LogP contribution >= 0.6 is 11.6 Å². The van der Waals surface area contributed by atoms with Crippen LogP contribution in [0.5, 0.6) is 0 Å². The van der Waals surface area contributed by atoms with Crippen LogP contribution in [0.2, 0.25) is 5.15 Å². The molecule has 3 aromatic rings. The lowest BCUT2D eigenvalue weighted by atomic mass is 10.1. The molecule has 2 heterocycles. The highest BCUT2D eigenvalue weighted by Gasteiger charge is 2.30. The Morgan fingerprint density at radius 2 is 1.82 bits per heavy atom. The smallest absolute Gasteiger partial charge is 0.245 e. The number of benzene rings is 1. The molecule has 0 amide bonds. The van der Waals surface area contributed by atoms with Gasteiger partial charge in [-0.25, -0.2) is 9.67 Å². The molecule has 1 aromatic carbocycles. The van der Waals surface area contributed by atoms with E-state index in [1.807, 2.05) is 0 Å². The van der Waals surface area contributed by atoms with Crippen molar-refractivity contribution < 1.29 is 13.2 Å². The van der Waals surface area contributed by atoms with Gasteiger partial charge in [0.2, 0.25) is 0 Å². The molecule has 112 valence electrons. The quantitative estimate of drug-likeness (QED) is 0.645. The third-order valence-electron chi connectivity index (χ3n) is 3.08. The zero-order valence-corrected chi connectivity index (χ0v) is 11.8. The molecule has 0 saturated heterocycles. The van der Waals surface area contributed by atoms with Gasteiger partial charge < -0.3 is 0 Å². The maximum Gasteiger partial charge on any atom is 0.416 e. The minimum atomic E-state index is -4.40. The maximum absolute atomic E-state index is 12.8. The van der Waals surface area contributed by atoms with Gasteiger partial charge in [-0.3, -0.25) is 0 Å². The van der Waals surface area contributed by atoms with Gasteiger partial charge in [-0.2, -0.15) is 18.3 Å². The van der Waals surface area contributed by atoms with E-state index in [0.29, 0.717) is 16.5 Å². The highest BCUT2D eigenvalue weighted by Crippen LogP contribution is 2.31. The second kappa shape index (κ2) is 5.46. The first-order valence-corrected chi connectivity index (χ1v) is 6.66. The Hall–Kier alpha value is -2.34. The monoisotopic (exact) mass is 323 g/mol. The molecule has 0 fully saturated rings. The van der Waals surface area contributed by atoms with E-state index < -0.39 is 11.7 Å². The molecule has 0 aliphatic heterocycles. The van der Waals surface area contributed by atoms with Crippen LogP contribution in [0.25, 0.3) is 16.9 Å². The Morgan fingerprint density at radius 3 is 2.55 bits per heavy atom. The number of hydrogen-bond donors (Lipinski definition) is 0. The zero-order valence-electron chi connectivity index (χ0n) is 11.0. The minimum Gasteiger partial charge on any atom is -0.245 e. The fraction of sp³-hybridized carbons (Fsp3) is 0.0667. The van der Waals surface area contributed by atoms with Crippen LogP contribution in [0.1, 0.15) is 5.56 Å². The Balaban J connectivity index is 2.10. The van der Waals surface area contributed by atoms with E-state index in [1.54, 1.807) is 24.3 Å². The van der Waals surface area contributed by atoms with Crippen molar-refractivity contribution in [3.63, 3.8) is 0 Å². The van der Waals surface area contributed by atoms with Crippen molar-refractivity contribution in [1.29, 1.82) is 0 Å². The molecule has 3 nitrogen and oxygen atoms in total. The average Bonchev–Trinajstić information content (AvgIpc) is 2.96. The Bertz CT molecular complexity index is 812. The summed E-state index contributed by atoms with van der Waals surface area (Å²) in [6, 6.07) is 10.0. The number of nitrogens with zero attached hydrogens (tertiary/aromatic N) is 3. The normalized spacial score (nSPS) is 11.6. The lowest BCUT2D eigenvalue weighted by Gasteiger charge is -2.11. The van der Waals surface area contributed by atoms with Gasteiger partial charge in [0.05, 0.1) is 23.1 Å². The van der Waals surface area contributed by atoms with Crippen LogP contribution < -0.4 is 0 Å². The van der Waals surface area contributed by atoms with Gasteiger partial charge in [-0.05, 0) is 36.4 Å². The van der Waals surface area contributed by atoms with Gasteiger partial charge in [-0.1, -0.05) is 17.7 Å². The molecular formula is C15H9ClF3N3. The molecule has 0 aliphatic carbocycles. The number of rotatable bonds is 2. The van der Waals surface area contributed by atoms with E-state index in [2.05, 4.69) is 10.1 Å². The third-order valence-corrected chi connectivity index (χ3v) is 3.29. The molecule has 0 N–H and O–H groups in total. The summed E-state index contributed by atoms with van der Waals surface area (Å²) >= 11 is 5.86. The first-order chi connectivity index (χ1) is 10.4. The predicted molar refractivity (Wildman–Crippen MR) is 76.8 cm³/mol. The van der Waals surface area contributed by atoms with Crippen LogP contribution in [-0.2, 0) is 6.18 Å². The Morgan fingerprint density at radius 1 is 1.00 bits per heavy atom. The van der Waals surface area contributed by atoms with Crippen molar-refractivity contribution in [2.45, 2.75) is 6.18 Å². The summed E-state index contributed by atoms with van der Waals surface area (Å²) in [5, 5.41) is 4.40. The van der Waals surface area contributed by atoms with Crippen LogP contribution in [-0.4, -0.2) is 14.8 Å². The van der Waals surface area contributed by atoms with E-state index in [-0.39, 0.29) is 0 Å². The number of aromatic nitrogens is 3. The van der Waals surface area contributed by atoms with E-state index in [0.717, 1.165) is 17.7 Å². The molecule has 0 radical (unpaired) electrons. The average molecular weight is 324 g/mol. The molecule has 0 atom stereocenters. The zero-order chi connectivity index (χ0) is 15.7. The highest BCUT2D eigenvalue weighted by atomic mass is 35.5. The summed E-state index contributed by atoms with van der Waals surface area (Å²) in [4.78, 5) is 3.89. The van der Waals surface area contributed by atoms with Crippen LogP contribution in [0.15, 0.2) is 54.9 Å². The second-order valence-electron chi connectivity index (χ2n) is 4.54. The standard InChI is InChI=1S/C15H9ClF3N3/c16-14-8-10(4-6-20-14)13-5-7-21-22(13)12-3-1-2-11(9-12)15(17,18)19/h1-9H. The predicted octanol–water partition coefficient (Wildman–Crippen LogP) is 4.61. The highest BCUT2D eigenvalue weighted by molar-refractivity contribution is 6.29. The van der Waals surface area contributed by atoms with E-state index >= 15 is 0 Å². The van der Waals surface area contributed by atoms with Gasteiger partial charge >= 0.3 is 6.18 Å². The van der Waals surface area contributed by atoms with Crippen molar-refractivity contribution in [3.8, 4) is 16.9 Å². The fourth-order valence-electron chi connectivity index (χ4n) is 2.10. The Labute approximate surface area is 129 Å². The van der Waals surface area contributed by atoms with Gasteiger partial charge in [0.25, 0.3) is 0 Å². The maximum atomic E-state index is 12.8. The number of alkyl halides is 3. The molecule has 2 aromatic heterocycles. The van der Waals surface area contributed by atoms with Crippen LogP contribution in [0.4, 0.5) is 13.2 Å². The van der Waals surface area contributed by atoms with E-state index in [1.165, 1.54) is 23.1 Å². The SMILES string of the molecule is FC(F)(F)c1cccc(-n2nccc2-c2ccnc(Cl)c2)c1. The van der Waals surface area contributed by atoms with Crippen molar-refractivity contribution in [3.05, 3.63) is 65.6 Å². The summed E-state index contributed by atoms with van der Waals surface area (Å²) < 4.78 is 39.9. The van der Waals surface area contributed by atoms with Crippen molar-refractivity contribution in [2.24, 2.45) is 0 Å². The molecule has 0 unspecified atom stereocenters. The van der Waals surface area contributed by atoms with Crippen LogP contribution in [0, 0.1) is 0 Å². The number of halogens is 4. The molecule has 0 saturated carbocycles. The Kier molecular flexibility index (Phi) is 3.62. The minimum absolute atomic E-state index is 0.300. The van der Waals surface area contributed by atoms with E-state index in [4.69, 9.17) is 11.6 Å². The topological polar surface area (TPSA) is 30.7 Å².